The van der Waals surface area contributed by atoms with Crippen LogP contribution in [0.15, 0.2) is 57.4 Å². The molecular formula is C29H34BrN3O5. The first-order valence-corrected chi connectivity index (χ1v) is 13.3. The van der Waals surface area contributed by atoms with Gasteiger partial charge < -0.3 is 14.2 Å². The number of esters is 1. The second-order valence-electron chi connectivity index (χ2n) is 9.65. The number of nitrogens with zero attached hydrogens (tertiary/aromatic N) is 3. The minimum absolute atomic E-state index is 0.260. The maximum absolute atomic E-state index is 13.5. The number of hydrogen-bond donors (Lipinski definition) is 0. The highest BCUT2D eigenvalue weighted by Crippen LogP contribution is 2.34. The molecule has 0 aliphatic carbocycles. The van der Waals surface area contributed by atoms with Crippen molar-refractivity contribution in [2.75, 3.05) is 13.2 Å². The average molecular weight is 585 g/mol. The van der Waals surface area contributed by atoms with E-state index in [1.165, 1.54) is 4.68 Å². The van der Waals surface area contributed by atoms with Gasteiger partial charge in [-0.2, -0.15) is 9.78 Å². The van der Waals surface area contributed by atoms with E-state index in [9.17, 15) is 9.59 Å². The third kappa shape index (κ3) is 6.69. The maximum Gasteiger partial charge on any atom is 0.347 e. The molecule has 3 aromatic rings. The zero-order valence-electron chi connectivity index (χ0n) is 22.7. The summed E-state index contributed by atoms with van der Waals surface area (Å²) in [6.45, 7) is 15.7. The van der Waals surface area contributed by atoms with Crippen molar-refractivity contribution < 1.29 is 19.0 Å². The fourth-order valence-corrected chi connectivity index (χ4v) is 4.17. The molecule has 8 nitrogen and oxygen atoms in total. The number of benzene rings is 2. The van der Waals surface area contributed by atoms with Crippen molar-refractivity contribution in [3.8, 4) is 11.5 Å². The number of rotatable bonds is 10. The van der Waals surface area contributed by atoms with Gasteiger partial charge in [0, 0.05) is 15.5 Å². The Morgan fingerprint density at radius 1 is 1.21 bits per heavy atom. The second kappa shape index (κ2) is 12.4. The fourth-order valence-electron chi connectivity index (χ4n) is 3.81. The maximum atomic E-state index is 13.5. The lowest BCUT2D eigenvalue weighted by atomic mass is 9.95. The number of carbonyl (C=O) groups excluding carboxylic acids is 1. The molecule has 1 aromatic heterocycles. The summed E-state index contributed by atoms with van der Waals surface area (Å²) in [7, 11) is 0. The lowest BCUT2D eigenvalue weighted by molar-refractivity contribution is -0.150. The van der Waals surface area contributed by atoms with E-state index in [1.807, 2.05) is 45.9 Å². The Kier molecular flexibility index (Phi) is 9.49. The Balaban J connectivity index is 2.14. The largest absolute Gasteiger partial charge is 0.490 e. The third-order valence-corrected chi connectivity index (χ3v) is 6.03. The molecule has 1 heterocycles. The summed E-state index contributed by atoms with van der Waals surface area (Å²) >= 11 is 3.43. The number of halogens is 1. The first kappa shape index (κ1) is 29.1. The van der Waals surface area contributed by atoms with Crippen LogP contribution in [0.1, 0.15) is 58.5 Å². The van der Waals surface area contributed by atoms with Crippen LogP contribution in [-0.4, -0.2) is 41.2 Å². The zero-order valence-corrected chi connectivity index (χ0v) is 24.3. The second-order valence-corrected chi connectivity index (χ2v) is 10.6. The molecule has 0 aliphatic rings. The molecule has 202 valence electrons. The van der Waals surface area contributed by atoms with E-state index in [-0.39, 0.29) is 12.2 Å². The van der Waals surface area contributed by atoms with Crippen LogP contribution in [0, 0.1) is 0 Å². The number of allylic oxidation sites excluding steroid dienone is 1. The van der Waals surface area contributed by atoms with Gasteiger partial charge in [-0.05, 0) is 63.1 Å². The summed E-state index contributed by atoms with van der Waals surface area (Å²) in [5.41, 5.74) is 1.34. The Morgan fingerprint density at radius 3 is 2.58 bits per heavy atom. The average Bonchev–Trinajstić information content (AvgIpc) is 2.85. The lowest BCUT2D eigenvalue weighted by Gasteiger charge is -2.21. The minimum Gasteiger partial charge on any atom is -0.490 e. The van der Waals surface area contributed by atoms with Crippen LogP contribution in [0.5, 0.6) is 11.5 Å². The summed E-state index contributed by atoms with van der Waals surface area (Å²) in [6.07, 6.45) is 2.97. The van der Waals surface area contributed by atoms with E-state index in [0.717, 1.165) is 10.0 Å². The Morgan fingerprint density at radius 2 is 1.95 bits per heavy atom. The quantitative estimate of drug-likeness (QED) is 0.170. The molecule has 3 rings (SSSR count). The van der Waals surface area contributed by atoms with Crippen LogP contribution in [0.2, 0.25) is 0 Å². The van der Waals surface area contributed by atoms with Gasteiger partial charge in [-0.1, -0.05) is 42.8 Å². The predicted octanol–water partition coefficient (Wildman–Crippen LogP) is 5.80. The molecule has 0 saturated carbocycles. The standard InChI is InChI=1S/C29H34BrN3O5/c1-8-11-20-14-19(15-24(36-9-2)25(20)38-18(4)27(35)37-10-3)17-31-33-26(34)22-16-21(30)12-13-23(22)32-28(33)29(5,6)7/h8,12-18H,1,9-11H2,2-7H3/t18-/m1/s1. The highest BCUT2D eigenvalue weighted by Gasteiger charge is 2.24. The molecule has 1 atom stereocenters. The molecule has 0 aliphatic heterocycles. The van der Waals surface area contributed by atoms with Crippen molar-refractivity contribution in [3.05, 3.63) is 74.8 Å². The highest BCUT2D eigenvalue weighted by molar-refractivity contribution is 9.10. The SMILES string of the molecule is C=CCc1cc(C=Nn2c(C(C)(C)C)nc3ccc(Br)cc3c2=O)cc(OCC)c1O[C@H](C)C(=O)OCC. The molecule has 0 amide bonds. The molecule has 0 spiro atoms. The topological polar surface area (TPSA) is 92.0 Å². The summed E-state index contributed by atoms with van der Waals surface area (Å²) < 4.78 is 19.1. The molecule has 2 aromatic carbocycles. The Hall–Kier alpha value is -3.46. The molecule has 0 N–H and O–H groups in total. The first-order chi connectivity index (χ1) is 18.0. The van der Waals surface area contributed by atoms with Gasteiger partial charge in [-0.15, -0.1) is 6.58 Å². The van der Waals surface area contributed by atoms with Crippen molar-refractivity contribution in [2.45, 2.75) is 59.5 Å². The molecule has 0 bridgehead atoms. The van der Waals surface area contributed by atoms with Crippen LogP contribution in [0.25, 0.3) is 10.9 Å². The van der Waals surface area contributed by atoms with Gasteiger partial charge in [0.1, 0.15) is 5.82 Å². The van der Waals surface area contributed by atoms with Gasteiger partial charge in [0.15, 0.2) is 17.6 Å². The van der Waals surface area contributed by atoms with Crippen molar-refractivity contribution in [3.63, 3.8) is 0 Å². The predicted molar refractivity (Wildman–Crippen MR) is 154 cm³/mol. The summed E-state index contributed by atoms with van der Waals surface area (Å²) in [5, 5.41) is 5.03. The van der Waals surface area contributed by atoms with Gasteiger partial charge in [0.05, 0.1) is 30.3 Å². The van der Waals surface area contributed by atoms with E-state index >= 15 is 0 Å². The summed E-state index contributed by atoms with van der Waals surface area (Å²) in [5.74, 6) is 0.963. The molecular weight excluding hydrogens is 550 g/mol. The van der Waals surface area contributed by atoms with Crippen molar-refractivity contribution >= 4 is 39.0 Å². The van der Waals surface area contributed by atoms with Crippen molar-refractivity contribution in [1.82, 2.24) is 9.66 Å². The minimum atomic E-state index is -0.826. The number of carbonyl (C=O) groups is 1. The molecule has 0 unspecified atom stereocenters. The van der Waals surface area contributed by atoms with E-state index < -0.39 is 17.5 Å². The van der Waals surface area contributed by atoms with Gasteiger partial charge in [-0.25, -0.2) is 9.78 Å². The molecule has 38 heavy (non-hydrogen) atoms. The Labute approximate surface area is 231 Å². The number of fused-ring (bicyclic) bond motifs is 1. The first-order valence-electron chi connectivity index (χ1n) is 12.5. The van der Waals surface area contributed by atoms with Crippen molar-refractivity contribution in [1.29, 1.82) is 0 Å². The zero-order chi connectivity index (χ0) is 28.0. The van der Waals surface area contributed by atoms with Crippen molar-refractivity contribution in [2.24, 2.45) is 5.10 Å². The molecule has 0 radical (unpaired) electrons. The van der Waals surface area contributed by atoms with E-state index in [4.69, 9.17) is 19.2 Å². The monoisotopic (exact) mass is 583 g/mol. The van der Waals surface area contributed by atoms with E-state index in [0.29, 0.717) is 46.8 Å². The molecule has 9 heteroatoms. The van der Waals surface area contributed by atoms with Gasteiger partial charge in [0.25, 0.3) is 5.56 Å². The van der Waals surface area contributed by atoms with Gasteiger partial charge >= 0.3 is 5.97 Å². The van der Waals surface area contributed by atoms with E-state index in [1.54, 1.807) is 38.3 Å². The van der Waals surface area contributed by atoms with Crippen LogP contribution in [-0.2, 0) is 21.4 Å². The molecule has 0 saturated heterocycles. The lowest BCUT2D eigenvalue weighted by Crippen LogP contribution is -2.29. The smallest absolute Gasteiger partial charge is 0.347 e. The third-order valence-electron chi connectivity index (χ3n) is 5.53. The van der Waals surface area contributed by atoms with Crippen LogP contribution in [0.3, 0.4) is 0 Å². The molecule has 0 fully saturated rings. The Bertz CT molecular complexity index is 1420. The summed E-state index contributed by atoms with van der Waals surface area (Å²) in [6, 6.07) is 9.05. The normalized spacial score (nSPS) is 12.5. The number of aromatic nitrogens is 2. The van der Waals surface area contributed by atoms with Gasteiger partial charge in [-0.3, -0.25) is 4.79 Å². The number of ether oxygens (including phenoxy) is 3. The summed E-state index contributed by atoms with van der Waals surface area (Å²) in [4.78, 5) is 30.4. The fraction of sp³-hybridized carbons (Fsp3) is 0.379. The highest BCUT2D eigenvalue weighted by atomic mass is 79.9. The van der Waals surface area contributed by atoms with E-state index in [2.05, 4.69) is 27.6 Å². The van der Waals surface area contributed by atoms with Gasteiger partial charge in [0.2, 0.25) is 0 Å². The van der Waals surface area contributed by atoms with Crippen LogP contribution < -0.4 is 15.0 Å². The number of hydrogen-bond acceptors (Lipinski definition) is 7. The van der Waals surface area contributed by atoms with Crippen LogP contribution in [0.4, 0.5) is 0 Å². The van der Waals surface area contributed by atoms with Crippen LogP contribution >= 0.6 is 15.9 Å².